The van der Waals surface area contributed by atoms with Gasteiger partial charge < -0.3 is 11.5 Å². The summed E-state index contributed by atoms with van der Waals surface area (Å²) in [5.74, 6) is -0.197. The largest absolute Gasteiger partial charge is 0.370 e. The minimum atomic E-state index is -0.197. The molecule has 1 aromatic rings. The number of halogens is 1. The van der Waals surface area contributed by atoms with Crippen molar-refractivity contribution >= 4 is 33.2 Å². The summed E-state index contributed by atoms with van der Waals surface area (Å²) in [4.78, 5) is 13.8. The molecule has 1 saturated carbocycles. The van der Waals surface area contributed by atoms with Crippen LogP contribution in [0, 0.1) is 12.3 Å². The number of carbonyl (C=O) groups is 1. The Balaban J connectivity index is 2.10. The first kappa shape index (κ1) is 15.0. The van der Waals surface area contributed by atoms with Gasteiger partial charge in [-0.3, -0.25) is 4.79 Å². The van der Waals surface area contributed by atoms with E-state index in [0.29, 0.717) is 6.42 Å². The van der Waals surface area contributed by atoms with Gasteiger partial charge in [0.15, 0.2) is 0 Å². The molecule has 0 aliphatic heterocycles. The molecule has 3 nitrogen and oxygen atoms in total. The number of thiophene rings is 1. The lowest BCUT2D eigenvalue weighted by Crippen LogP contribution is -2.29. The Hall–Kier alpha value is -0.390. The second kappa shape index (κ2) is 5.94. The molecular weight excluding hydrogens is 324 g/mol. The van der Waals surface area contributed by atoms with Crippen LogP contribution in [0.15, 0.2) is 10.5 Å². The van der Waals surface area contributed by atoms with Crippen LogP contribution in [0.25, 0.3) is 0 Å². The maximum atomic E-state index is 11.3. The molecule has 1 aliphatic carbocycles. The molecule has 5 heteroatoms. The third kappa shape index (κ3) is 3.58. The van der Waals surface area contributed by atoms with Gasteiger partial charge in [-0.2, -0.15) is 0 Å². The minimum Gasteiger partial charge on any atom is -0.370 e. The highest BCUT2D eigenvalue weighted by Gasteiger charge is 2.37. The predicted molar refractivity (Wildman–Crippen MR) is 83.0 cm³/mol. The van der Waals surface area contributed by atoms with Crippen LogP contribution in [0.3, 0.4) is 0 Å². The quantitative estimate of drug-likeness (QED) is 0.855. The van der Waals surface area contributed by atoms with Gasteiger partial charge in [0.25, 0.3) is 0 Å². The molecule has 0 aromatic carbocycles. The van der Waals surface area contributed by atoms with E-state index in [-0.39, 0.29) is 17.4 Å². The van der Waals surface area contributed by atoms with Crippen molar-refractivity contribution < 1.29 is 4.79 Å². The van der Waals surface area contributed by atoms with Gasteiger partial charge in [-0.15, -0.1) is 11.3 Å². The van der Waals surface area contributed by atoms with Crippen LogP contribution >= 0.6 is 27.3 Å². The van der Waals surface area contributed by atoms with Gasteiger partial charge in [0.1, 0.15) is 0 Å². The zero-order chi connectivity index (χ0) is 14.0. The molecule has 1 atom stereocenters. The van der Waals surface area contributed by atoms with Crippen molar-refractivity contribution in [1.29, 1.82) is 0 Å². The van der Waals surface area contributed by atoms with Crippen LogP contribution in [0.2, 0.25) is 0 Å². The number of nitrogens with two attached hydrogens (primary N) is 2. The van der Waals surface area contributed by atoms with E-state index in [1.54, 1.807) is 11.3 Å². The maximum absolute atomic E-state index is 11.3. The van der Waals surface area contributed by atoms with Crippen molar-refractivity contribution in [1.82, 2.24) is 0 Å². The van der Waals surface area contributed by atoms with Crippen LogP contribution in [-0.2, 0) is 4.79 Å². The number of hydrogen-bond donors (Lipinski definition) is 2. The van der Waals surface area contributed by atoms with Gasteiger partial charge in [0, 0.05) is 26.7 Å². The van der Waals surface area contributed by atoms with E-state index in [1.165, 1.54) is 22.6 Å². The fourth-order valence-electron chi connectivity index (χ4n) is 3.18. The second-order valence-electron chi connectivity index (χ2n) is 5.71. The summed E-state index contributed by atoms with van der Waals surface area (Å²) in [5.41, 5.74) is 11.8. The maximum Gasteiger partial charge on any atom is 0.217 e. The Kier molecular flexibility index (Phi) is 4.69. The normalized spacial score (nSPS) is 19.5. The van der Waals surface area contributed by atoms with E-state index in [4.69, 9.17) is 11.5 Å². The van der Waals surface area contributed by atoms with E-state index in [9.17, 15) is 4.79 Å². The lowest BCUT2D eigenvalue weighted by molar-refractivity contribution is -0.120. The summed E-state index contributed by atoms with van der Waals surface area (Å²) in [7, 11) is 0. The average Bonchev–Trinajstić information content (AvgIpc) is 2.87. The van der Waals surface area contributed by atoms with Crippen LogP contribution in [0.1, 0.15) is 54.3 Å². The third-order valence-corrected chi connectivity index (χ3v) is 6.38. The highest BCUT2D eigenvalue weighted by Crippen LogP contribution is 2.47. The molecule has 19 heavy (non-hydrogen) atoms. The number of carbonyl (C=O) groups excluding carboxylic acids is 1. The van der Waals surface area contributed by atoms with Gasteiger partial charge in [0.05, 0.1) is 0 Å². The number of primary amides is 1. The number of aryl methyl sites for hydroxylation is 1. The Morgan fingerprint density at radius 1 is 1.53 bits per heavy atom. The van der Waals surface area contributed by atoms with Crippen molar-refractivity contribution in [2.45, 2.75) is 51.5 Å². The standard InChI is InChI=1S/C14H21BrN2OS/c1-9-10(15)6-12(19-9)11(16)7-14(8-13(17)18)4-2-3-5-14/h6,11H,2-5,7-8,16H2,1H3,(H2,17,18). The molecule has 1 unspecified atom stereocenters. The predicted octanol–water partition coefficient (Wildman–Crippen LogP) is 3.64. The molecular formula is C14H21BrN2OS. The van der Waals surface area contributed by atoms with Crippen LogP contribution in [0.4, 0.5) is 0 Å². The number of amides is 1. The molecule has 1 aromatic heterocycles. The molecule has 0 spiro atoms. The van der Waals surface area contributed by atoms with Crippen LogP contribution in [-0.4, -0.2) is 5.91 Å². The lowest BCUT2D eigenvalue weighted by Gasteiger charge is -2.30. The summed E-state index contributed by atoms with van der Waals surface area (Å²) < 4.78 is 1.12. The van der Waals surface area contributed by atoms with Gasteiger partial charge in [-0.1, -0.05) is 12.8 Å². The highest BCUT2D eigenvalue weighted by molar-refractivity contribution is 9.10. The molecule has 1 amide bonds. The third-order valence-electron chi connectivity index (χ3n) is 4.11. The van der Waals surface area contributed by atoms with E-state index in [1.807, 2.05) is 0 Å². The molecule has 0 radical (unpaired) electrons. The summed E-state index contributed by atoms with van der Waals surface area (Å²) in [6.07, 6.45) is 5.87. The average molecular weight is 345 g/mol. The van der Waals surface area contributed by atoms with Gasteiger partial charge >= 0.3 is 0 Å². The molecule has 1 heterocycles. The van der Waals surface area contributed by atoms with Gasteiger partial charge in [-0.05, 0) is 53.6 Å². The Morgan fingerprint density at radius 2 is 2.16 bits per heavy atom. The topological polar surface area (TPSA) is 69.1 Å². The van der Waals surface area contributed by atoms with Crippen molar-refractivity contribution in [3.8, 4) is 0 Å². The Labute approximate surface area is 126 Å². The minimum absolute atomic E-state index is 0.00690. The van der Waals surface area contributed by atoms with Crippen molar-refractivity contribution in [3.05, 3.63) is 20.3 Å². The fourth-order valence-corrected chi connectivity index (χ4v) is 4.74. The van der Waals surface area contributed by atoms with Crippen molar-refractivity contribution in [2.24, 2.45) is 16.9 Å². The summed E-state index contributed by atoms with van der Waals surface area (Å²) >= 11 is 5.27. The van der Waals surface area contributed by atoms with E-state index in [2.05, 4.69) is 28.9 Å². The first-order chi connectivity index (χ1) is 8.92. The molecule has 4 N–H and O–H groups in total. The second-order valence-corrected chi connectivity index (χ2v) is 7.86. The molecule has 1 fully saturated rings. The summed E-state index contributed by atoms with van der Waals surface area (Å²) in [6, 6.07) is 2.12. The van der Waals surface area contributed by atoms with E-state index >= 15 is 0 Å². The molecule has 1 aliphatic rings. The summed E-state index contributed by atoms with van der Waals surface area (Å²) in [6.45, 7) is 2.08. The fraction of sp³-hybridized carbons (Fsp3) is 0.643. The molecule has 0 saturated heterocycles. The lowest BCUT2D eigenvalue weighted by atomic mass is 9.77. The smallest absolute Gasteiger partial charge is 0.217 e. The molecule has 2 rings (SSSR count). The zero-order valence-electron chi connectivity index (χ0n) is 11.2. The van der Waals surface area contributed by atoms with E-state index in [0.717, 1.165) is 23.7 Å². The monoisotopic (exact) mass is 344 g/mol. The van der Waals surface area contributed by atoms with Crippen molar-refractivity contribution in [2.75, 3.05) is 0 Å². The van der Waals surface area contributed by atoms with Crippen LogP contribution < -0.4 is 11.5 Å². The van der Waals surface area contributed by atoms with Crippen LogP contribution in [0.5, 0.6) is 0 Å². The Morgan fingerprint density at radius 3 is 2.63 bits per heavy atom. The molecule has 106 valence electrons. The first-order valence-corrected chi connectivity index (χ1v) is 8.32. The highest BCUT2D eigenvalue weighted by atomic mass is 79.9. The number of hydrogen-bond acceptors (Lipinski definition) is 3. The zero-order valence-corrected chi connectivity index (χ0v) is 13.6. The van der Waals surface area contributed by atoms with Gasteiger partial charge in [-0.25, -0.2) is 0 Å². The summed E-state index contributed by atoms with van der Waals surface area (Å²) in [5, 5.41) is 0. The SMILES string of the molecule is Cc1sc(C(N)CC2(CC(N)=O)CCCC2)cc1Br. The number of rotatable bonds is 5. The van der Waals surface area contributed by atoms with Crippen molar-refractivity contribution in [3.63, 3.8) is 0 Å². The van der Waals surface area contributed by atoms with Gasteiger partial charge in [0.2, 0.25) is 5.91 Å². The molecule has 0 bridgehead atoms. The Bertz CT molecular complexity index is 447. The van der Waals surface area contributed by atoms with E-state index < -0.39 is 0 Å². The first-order valence-electron chi connectivity index (χ1n) is 6.72.